The quantitative estimate of drug-likeness (QED) is 0.853. The van der Waals surface area contributed by atoms with Crippen LogP contribution < -0.4 is 0 Å². The van der Waals surface area contributed by atoms with Crippen molar-refractivity contribution in [2.45, 2.75) is 64.3 Å². The SMILES string of the molecule is CCC(CC)c1cc(C(=O)N2CCC3(CC2)OC[C@@H](C)O3)on1. The van der Waals surface area contributed by atoms with Crippen molar-refractivity contribution in [3.8, 4) is 0 Å². The predicted octanol–water partition coefficient (Wildman–Crippen LogP) is 2.95. The minimum absolute atomic E-state index is 0.0874. The van der Waals surface area contributed by atoms with Gasteiger partial charge in [0.25, 0.3) is 5.91 Å². The van der Waals surface area contributed by atoms with Gasteiger partial charge in [-0.1, -0.05) is 19.0 Å². The highest BCUT2D eigenvalue weighted by atomic mass is 16.7. The number of ether oxygens (including phenoxy) is 2. The van der Waals surface area contributed by atoms with Crippen LogP contribution in [0.3, 0.4) is 0 Å². The van der Waals surface area contributed by atoms with E-state index in [-0.39, 0.29) is 12.0 Å². The lowest BCUT2D eigenvalue weighted by molar-refractivity contribution is -0.190. The first-order valence-electron chi connectivity index (χ1n) is 8.64. The highest BCUT2D eigenvalue weighted by Crippen LogP contribution is 2.34. The van der Waals surface area contributed by atoms with Gasteiger partial charge in [0, 0.05) is 37.9 Å². The summed E-state index contributed by atoms with van der Waals surface area (Å²) < 4.78 is 17.0. The van der Waals surface area contributed by atoms with E-state index in [9.17, 15) is 4.79 Å². The first-order chi connectivity index (χ1) is 11.1. The zero-order chi connectivity index (χ0) is 16.4. The Morgan fingerprint density at radius 3 is 2.65 bits per heavy atom. The van der Waals surface area contributed by atoms with Gasteiger partial charge in [0.1, 0.15) is 0 Å². The predicted molar refractivity (Wildman–Crippen MR) is 84.2 cm³/mol. The van der Waals surface area contributed by atoms with Gasteiger partial charge in [0.2, 0.25) is 5.76 Å². The second kappa shape index (κ2) is 6.61. The second-order valence-corrected chi connectivity index (χ2v) is 6.57. The number of likely N-dealkylation sites (tertiary alicyclic amines) is 1. The Hall–Kier alpha value is -1.40. The molecule has 1 atom stereocenters. The third-order valence-corrected chi connectivity index (χ3v) is 4.95. The Bertz CT molecular complexity index is 545. The average Bonchev–Trinajstić information content (AvgIpc) is 3.17. The molecular weight excluding hydrogens is 296 g/mol. The van der Waals surface area contributed by atoms with Crippen molar-refractivity contribution >= 4 is 5.91 Å². The fourth-order valence-electron chi connectivity index (χ4n) is 3.46. The first kappa shape index (κ1) is 16.5. The lowest BCUT2D eigenvalue weighted by Crippen LogP contribution is -2.47. The molecule has 23 heavy (non-hydrogen) atoms. The summed E-state index contributed by atoms with van der Waals surface area (Å²) in [6.45, 7) is 8.13. The summed E-state index contributed by atoms with van der Waals surface area (Å²) in [5, 5.41) is 4.08. The van der Waals surface area contributed by atoms with E-state index in [1.54, 1.807) is 11.0 Å². The number of rotatable bonds is 4. The molecule has 128 valence electrons. The molecule has 1 amide bonds. The van der Waals surface area contributed by atoms with E-state index in [2.05, 4.69) is 19.0 Å². The summed E-state index contributed by atoms with van der Waals surface area (Å²) in [4.78, 5) is 14.4. The van der Waals surface area contributed by atoms with Gasteiger partial charge < -0.3 is 18.9 Å². The molecule has 2 aliphatic heterocycles. The van der Waals surface area contributed by atoms with Crippen molar-refractivity contribution in [1.29, 1.82) is 0 Å². The molecular formula is C17H26N2O4. The maximum Gasteiger partial charge on any atom is 0.292 e. The normalized spacial score (nSPS) is 23.8. The van der Waals surface area contributed by atoms with Gasteiger partial charge in [0.05, 0.1) is 18.4 Å². The Kier molecular flexibility index (Phi) is 4.73. The zero-order valence-corrected chi connectivity index (χ0v) is 14.2. The zero-order valence-electron chi connectivity index (χ0n) is 14.2. The molecule has 0 saturated carbocycles. The van der Waals surface area contributed by atoms with Crippen molar-refractivity contribution in [2.24, 2.45) is 0 Å². The molecule has 2 fully saturated rings. The van der Waals surface area contributed by atoms with Gasteiger partial charge in [0.15, 0.2) is 5.79 Å². The van der Waals surface area contributed by atoms with Crippen molar-refractivity contribution in [1.82, 2.24) is 10.1 Å². The molecule has 0 aliphatic carbocycles. The maximum absolute atomic E-state index is 12.6. The lowest BCUT2D eigenvalue weighted by Gasteiger charge is -2.37. The van der Waals surface area contributed by atoms with Crippen LogP contribution in [0, 0.1) is 0 Å². The Labute approximate surface area is 137 Å². The van der Waals surface area contributed by atoms with E-state index in [1.807, 2.05) is 6.92 Å². The van der Waals surface area contributed by atoms with Gasteiger partial charge in [-0.05, 0) is 19.8 Å². The van der Waals surface area contributed by atoms with Crippen LogP contribution in [0.1, 0.15) is 68.6 Å². The summed E-state index contributed by atoms with van der Waals surface area (Å²) in [6.07, 6.45) is 3.53. The van der Waals surface area contributed by atoms with E-state index >= 15 is 0 Å². The maximum atomic E-state index is 12.6. The fourth-order valence-corrected chi connectivity index (χ4v) is 3.46. The Morgan fingerprint density at radius 2 is 2.09 bits per heavy atom. The summed E-state index contributed by atoms with van der Waals surface area (Å²) in [5.41, 5.74) is 0.878. The third kappa shape index (κ3) is 3.28. The van der Waals surface area contributed by atoms with Gasteiger partial charge in [-0.2, -0.15) is 0 Å². The van der Waals surface area contributed by atoms with E-state index < -0.39 is 5.79 Å². The van der Waals surface area contributed by atoms with Crippen LogP contribution in [0.15, 0.2) is 10.6 Å². The number of piperidine rings is 1. The lowest BCUT2D eigenvalue weighted by atomic mass is 9.99. The van der Waals surface area contributed by atoms with Gasteiger partial charge in [-0.3, -0.25) is 4.79 Å². The number of carbonyl (C=O) groups is 1. The molecule has 6 nitrogen and oxygen atoms in total. The number of carbonyl (C=O) groups excluding carboxylic acids is 1. The van der Waals surface area contributed by atoms with E-state index in [1.165, 1.54) is 0 Å². The van der Waals surface area contributed by atoms with Gasteiger partial charge in [-0.15, -0.1) is 0 Å². The Morgan fingerprint density at radius 1 is 1.39 bits per heavy atom. The molecule has 0 bridgehead atoms. The topological polar surface area (TPSA) is 64.8 Å². The van der Waals surface area contributed by atoms with Crippen LogP contribution >= 0.6 is 0 Å². The summed E-state index contributed by atoms with van der Waals surface area (Å²) in [7, 11) is 0. The Balaban J connectivity index is 1.61. The van der Waals surface area contributed by atoms with Crippen LogP contribution in [-0.2, 0) is 9.47 Å². The van der Waals surface area contributed by atoms with Crippen LogP contribution in [-0.4, -0.2) is 47.6 Å². The molecule has 1 aromatic rings. The third-order valence-electron chi connectivity index (χ3n) is 4.95. The highest BCUT2D eigenvalue weighted by molar-refractivity contribution is 5.91. The molecule has 6 heteroatoms. The second-order valence-electron chi connectivity index (χ2n) is 6.57. The number of hydrogen-bond acceptors (Lipinski definition) is 5. The molecule has 0 N–H and O–H groups in total. The van der Waals surface area contributed by atoms with Crippen molar-refractivity contribution in [2.75, 3.05) is 19.7 Å². The summed E-state index contributed by atoms with van der Waals surface area (Å²) >= 11 is 0. The minimum atomic E-state index is -0.488. The largest absolute Gasteiger partial charge is 0.351 e. The smallest absolute Gasteiger partial charge is 0.292 e. The standard InChI is InChI=1S/C17H26N2O4/c1-4-13(5-2)14-10-15(23-18-14)16(20)19-8-6-17(7-9-19)21-11-12(3)22-17/h10,12-13H,4-9,11H2,1-3H3/t12-/m1/s1. The van der Waals surface area contributed by atoms with Crippen molar-refractivity contribution in [3.63, 3.8) is 0 Å². The van der Waals surface area contributed by atoms with Gasteiger partial charge >= 0.3 is 0 Å². The molecule has 2 aliphatic rings. The van der Waals surface area contributed by atoms with Crippen molar-refractivity contribution in [3.05, 3.63) is 17.5 Å². The van der Waals surface area contributed by atoms with Crippen LogP contribution in [0.4, 0.5) is 0 Å². The van der Waals surface area contributed by atoms with Crippen molar-refractivity contribution < 1.29 is 18.8 Å². The van der Waals surface area contributed by atoms with Crippen LogP contribution in [0.5, 0.6) is 0 Å². The number of hydrogen-bond donors (Lipinski definition) is 0. The van der Waals surface area contributed by atoms with Gasteiger partial charge in [-0.25, -0.2) is 0 Å². The molecule has 2 saturated heterocycles. The summed E-state index contributed by atoms with van der Waals surface area (Å²) in [6, 6.07) is 1.80. The molecule has 1 aromatic heterocycles. The monoisotopic (exact) mass is 322 g/mol. The fraction of sp³-hybridized carbons (Fsp3) is 0.765. The van der Waals surface area contributed by atoms with E-state index in [4.69, 9.17) is 14.0 Å². The molecule has 3 heterocycles. The van der Waals surface area contributed by atoms with E-state index in [0.29, 0.717) is 44.2 Å². The molecule has 0 unspecified atom stereocenters. The molecule has 0 radical (unpaired) electrons. The molecule has 3 rings (SSSR count). The van der Waals surface area contributed by atoms with Crippen LogP contribution in [0.2, 0.25) is 0 Å². The average molecular weight is 322 g/mol. The number of amides is 1. The highest BCUT2D eigenvalue weighted by Gasteiger charge is 2.43. The molecule has 1 spiro atoms. The molecule has 0 aromatic carbocycles. The number of nitrogens with zero attached hydrogens (tertiary/aromatic N) is 2. The van der Waals surface area contributed by atoms with Crippen LogP contribution in [0.25, 0.3) is 0 Å². The minimum Gasteiger partial charge on any atom is -0.351 e. The van der Waals surface area contributed by atoms with E-state index in [0.717, 1.165) is 18.5 Å². The first-order valence-corrected chi connectivity index (χ1v) is 8.64. The number of aromatic nitrogens is 1. The summed E-state index contributed by atoms with van der Waals surface area (Å²) in [5.74, 6) is 0.116.